The average Bonchev–Trinajstić information content (AvgIpc) is 2.81. The lowest BCUT2D eigenvalue weighted by Gasteiger charge is -2.39. The highest BCUT2D eigenvalue weighted by atomic mass is 16.5. The van der Waals surface area contributed by atoms with Crippen molar-refractivity contribution in [1.29, 1.82) is 0 Å². The summed E-state index contributed by atoms with van der Waals surface area (Å²) in [6.07, 6.45) is 9.16. The smallest absolute Gasteiger partial charge is 0.229 e. The van der Waals surface area contributed by atoms with Gasteiger partial charge in [0.05, 0.1) is 19.0 Å². The quantitative estimate of drug-likeness (QED) is 0.405. The van der Waals surface area contributed by atoms with Crippen LogP contribution in [-0.2, 0) is 12.8 Å². The second kappa shape index (κ2) is 9.93. The molecule has 0 bridgehead atoms. The first-order valence-corrected chi connectivity index (χ1v) is 12.6. The summed E-state index contributed by atoms with van der Waals surface area (Å²) < 4.78 is 11.8. The molecule has 2 aliphatic carbocycles. The summed E-state index contributed by atoms with van der Waals surface area (Å²) >= 11 is 0. The number of ether oxygens (including phenoxy) is 2. The molecule has 36 heavy (non-hydrogen) atoms. The van der Waals surface area contributed by atoms with Gasteiger partial charge in [-0.05, 0) is 81.4 Å². The van der Waals surface area contributed by atoms with E-state index in [-0.39, 0.29) is 8.96 Å². The molecule has 2 N–H and O–H groups in total. The number of nitrogens with zero attached hydrogens (tertiary/aromatic N) is 4. The molecule has 0 radical (unpaired) electrons. The minimum atomic E-state index is 0. The molecule has 8 nitrogen and oxygen atoms in total. The highest BCUT2D eigenvalue weighted by Gasteiger charge is 2.32. The number of hydrogen-bond acceptors (Lipinski definition) is 8. The lowest BCUT2D eigenvalue weighted by atomic mass is 9.76. The molecule has 0 aliphatic heterocycles. The Hall–Kier alpha value is -3.39. The summed E-state index contributed by atoms with van der Waals surface area (Å²) in [5, 5.41) is 6.66. The van der Waals surface area contributed by atoms with Gasteiger partial charge in [0.2, 0.25) is 5.95 Å². The van der Waals surface area contributed by atoms with Crippen molar-refractivity contribution < 1.29 is 12.3 Å². The fourth-order valence-corrected chi connectivity index (χ4v) is 4.89. The van der Waals surface area contributed by atoms with Crippen LogP contribution in [0.25, 0.3) is 0 Å². The Kier molecular flexibility index (Phi) is 6.71. The van der Waals surface area contributed by atoms with Crippen LogP contribution in [0.1, 0.15) is 47.2 Å². The number of aryl methyl sites for hydroxylation is 1. The van der Waals surface area contributed by atoms with Gasteiger partial charge in [0.25, 0.3) is 0 Å². The third-order valence-electron chi connectivity index (χ3n) is 7.21. The Morgan fingerprint density at radius 1 is 1.03 bits per heavy atom. The van der Waals surface area contributed by atoms with Crippen molar-refractivity contribution >= 4 is 23.1 Å². The van der Waals surface area contributed by atoms with E-state index in [4.69, 9.17) is 14.5 Å². The second-order valence-electron chi connectivity index (χ2n) is 10.9. The number of nitrogens with one attached hydrogen (secondary N) is 2. The maximum Gasteiger partial charge on any atom is 0.229 e. The number of aromatic nitrogens is 3. The topological polar surface area (TPSA) is 84.4 Å². The van der Waals surface area contributed by atoms with Gasteiger partial charge in [-0.15, -0.1) is 0 Å². The van der Waals surface area contributed by atoms with Crippen LogP contribution < -0.4 is 20.1 Å². The van der Waals surface area contributed by atoms with Gasteiger partial charge in [0.1, 0.15) is 11.9 Å². The fraction of sp³-hybridized carbons (Fsp3) is 0.464. The molecular formula is C28H40N6O2. The molecule has 0 amide bonds. The predicted molar refractivity (Wildman–Crippen MR) is 147 cm³/mol. The number of hydrogen-bond donors (Lipinski definition) is 2. The minimum absolute atomic E-state index is 0. The van der Waals surface area contributed by atoms with Crippen molar-refractivity contribution in [2.75, 3.05) is 31.8 Å². The largest absolute Gasteiger partial charge is 0.493 e. The van der Waals surface area contributed by atoms with Gasteiger partial charge >= 0.3 is 0 Å². The molecule has 1 saturated carbocycles. The predicted octanol–water partition coefficient (Wildman–Crippen LogP) is 5.85. The first kappa shape index (κ1) is 24.3. The molecule has 3 aromatic rings. The second-order valence-corrected chi connectivity index (χ2v) is 10.9. The average molecular weight is 493 g/mol. The maximum absolute atomic E-state index is 6.17. The third kappa shape index (κ3) is 5.54. The van der Waals surface area contributed by atoms with E-state index in [9.17, 15) is 0 Å². The van der Waals surface area contributed by atoms with Crippen LogP contribution in [0.2, 0.25) is 0 Å². The summed E-state index contributed by atoms with van der Waals surface area (Å²) in [5.41, 5.74) is 4.60. The summed E-state index contributed by atoms with van der Waals surface area (Å²) in [5.74, 6) is 2.64. The maximum atomic E-state index is 6.17. The Morgan fingerprint density at radius 3 is 2.64 bits per heavy atom. The lowest BCUT2D eigenvalue weighted by Crippen LogP contribution is -2.46. The zero-order valence-electron chi connectivity index (χ0n) is 21.8. The Balaban J connectivity index is 0.00000200. The van der Waals surface area contributed by atoms with E-state index in [1.165, 1.54) is 17.7 Å². The van der Waals surface area contributed by atoms with Gasteiger partial charge in [-0.3, -0.25) is 4.98 Å². The molecule has 0 atom stereocenters. The van der Waals surface area contributed by atoms with Crippen molar-refractivity contribution in [3.8, 4) is 11.5 Å². The van der Waals surface area contributed by atoms with E-state index < -0.39 is 0 Å². The van der Waals surface area contributed by atoms with E-state index in [0.717, 1.165) is 42.8 Å². The molecule has 2 heterocycles. The molecule has 0 unspecified atom stereocenters. The van der Waals surface area contributed by atoms with Gasteiger partial charge in [-0.25, -0.2) is 4.98 Å². The van der Waals surface area contributed by atoms with Crippen LogP contribution in [0.15, 0.2) is 42.7 Å². The Morgan fingerprint density at radius 2 is 1.86 bits per heavy atom. The number of pyridine rings is 1. The molecule has 1 aromatic carbocycles. The van der Waals surface area contributed by atoms with Gasteiger partial charge in [-0.2, -0.15) is 4.98 Å². The summed E-state index contributed by atoms with van der Waals surface area (Å²) in [7, 11) is 5.88. The molecular weight excluding hydrogens is 452 g/mol. The number of fused-ring (bicyclic) bond motifs is 1. The highest BCUT2D eigenvalue weighted by Crippen LogP contribution is 2.37. The molecule has 2 aliphatic rings. The molecule has 194 valence electrons. The molecule has 0 spiro atoms. The van der Waals surface area contributed by atoms with Crippen molar-refractivity contribution in [1.82, 2.24) is 19.9 Å². The minimum Gasteiger partial charge on any atom is -0.493 e. The lowest BCUT2D eigenvalue weighted by molar-refractivity contribution is 0.0383. The van der Waals surface area contributed by atoms with Crippen molar-refractivity contribution in [2.24, 2.45) is 5.41 Å². The van der Waals surface area contributed by atoms with Crippen LogP contribution in [0.4, 0.5) is 23.1 Å². The molecule has 2 aromatic heterocycles. The van der Waals surface area contributed by atoms with Crippen molar-refractivity contribution in [3.05, 3.63) is 54.0 Å². The SMILES string of the molecule is COc1cc(Nc2nccc(Nc3cnc4c(c3)CC(C)(C)CC4)n2)ccc1OC1CC(N(C)C)C1.[HH].[HH]. The summed E-state index contributed by atoms with van der Waals surface area (Å²) in [6, 6.07) is 10.4. The fourth-order valence-electron chi connectivity index (χ4n) is 4.89. The standard InChI is InChI=1S/C28H36N6O2.2H2/c1-28(2)10-8-23-18(16-28)12-20(17-30-23)31-26-9-11-29-27(33-26)32-19-6-7-24(25(13-19)35-5)36-22-14-21(15-22)34(3)4;;/h6-7,9,11-13,17,21-22H,8,10,14-16H2,1-5H3,(H2,29,31,32,33);2*1H. The van der Waals surface area contributed by atoms with Gasteiger partial charge in [0, 0.05) is 32.5 Å². The normalized spacial score (nSPS) is 20.3. The first-order valence-electron chi connectivity index (χ1n) is 12.6. The van der Waals surface area contributed by atoms with Gasteiger partial charge in [-0.1, -0.05) is 13.8 Å². The Bertz CT molecular complexity index is 1230. The van der Waals surface area contributed by atoms with Gasteiger partial charge in [0.15, 0.2) is 11.5 Å². The highest BCUT2D eigenvalue weighted by molar-refractivity contribution is 5.62. The Labute approximate surface area is 216 Å². The van der Waals surface area contributed by atoms with Crippen LogP contribution in [0.5, 0.6) is 11.5 Å². The first-order chi connectivity index (χ1) is 17.3. The molecule has 8 heteroatoms. The number of benzene rings is 1. The van der Waals surface area contributed by atoms with Crippen LogP contribution >= 0.6 is 0 Å². The molecule has 0 saturated heterocycles. The number of methoxy groups -OCH3 is 1. The van der Waals surface area contributed by atoms with E-state index in [2.05, 4.69) is 59.5 Å². The van der Waals surface area contributed by atoms with E-state index >= 15 is 0 Å². The summed E-state index contributed by atoms with van der Waals surface area (Å²) in [4.78, 5) is 16.0. The number of anilines is 4. The third-order valence-corrected chi connectivity index (χ3v) is 7.21. The van der Waals surface area contributed by atoms with E-state index in [1.54, 1.807) is 13.3 Å². The van der Waals surface area contributed by atoms with E-state index in [0.29, 0.717) is 29.0 Å². The van der Waals surface area contributed by atoms with Crippen LogP contribution in [0.3, 0.4) is 0 Å². The summed E-state index contributed by atoms with van der Waals surface area (Å²) in [6.45, 7) is 4.64. The monoisotopic (exact) mass is 492 g/mol. The van der Waals surface area contributed by atoms with Crippen molar-refractivity contribution in [3.63, 3.8) is 0 Å². The molecule has 1 fully saturated rings. The van der Waals surface area contributed by atoms with Crippen molar-refractivity contribution in [2.45, 2.75) is 58.1 Å². The van der Waals surface area contributed by atoms with Crippen LogP contribution in [0, 0.1) is 5.41 Å². The van der Waals surface area contributed by atoms with Crippen LogP contribution in [-0.4, -0.2) is 53.2 Å². The number of rotatable bonds is 8. The van der Waals surface area contributed by atoms with E-state index in [1.807, 2.05) is 30.5 Å². The zero-order chi connectivity index (χ0) is 25.3. The zero-order valence-corrected chi connectivity index (χ0v) is 21.8. The van der Waals surface area contributed by atoms with Gasteiger partial charge < -0.3 is 25.0 Å². The molecule has 5 rings (SSSR count).